The fourth-order valence-electron chi connectivity index (χ4n) is 4.14. The molecule has 0 saturated carbocycles. The van der Waals surface area contributed by atoms with Gasteiger partial charge in [-0.25, -0.2) is 4.79 Å². The minimum Gasteiger partial charge on any atom is -0.338 e. The first kappa shape index (κ1) is 19.5. The first-order chi connectivity index (χ1) is 14.2. The van der Waals surface area contributed by atoms with Crippen LogP contribution >= 0.6 is 0 Å². The Morgan fingerprint density at radius 3 is 2.41 bits per heavy atom. The van der Waals surface area contributed by atoms with Crippen LogP contribution in [0.15, 0.2) is 60.7 Å². The van der Waals surface area contributed by atoms with Gasteiger partial charge in [0, 0.05) is 38.4 Å². The number of carbonyl (C=O) groups is 2. The quantitative estimate of drug-likeness (QED) is 0.851. The molecule has 0 radical (unpaired) electrons. The number of rotatable bonds is 5. The lowest BCUT2D eigenvalue weighted by atomic mass is 10.1. The molecule has 2 saturated heterocycles. The number of urea groups is 1. The van der Waals surface area contributed by atoms with Crippen LogP contribution in [0.4, 0.5) is 10.5 Å². The molecule has 4 rings (SSSR count). The Morgan fingerprint density at radius 2 is 1.69 bits per heavy atom. The van der Waals surface area contributed by atoms with E-state index in [1.165, 1.54) is 5.56 Å². The summed E-state index contributed by atoms with van der Waals surface area (Å²) in [5.74, 6) is 0.427. The van der Waals surface area contributed by atoms with E-state index in [1.807, 2.05) is 36.4 Å². The minimum absolute atomic E-state index is 0.0347. The van der Waals surface area contributed by atoms with Gasteiger partial charge in [-0.3, -0.25) is 9.69 Å². The van der Waals surface area contributed by atoms with E-state index in [4.69, 9.17) is 0 Å². The summed E-state index contributed by atoms with van der Waals surface area (Å²) in [4.78, 5) is 30.8. The van der Waals surface area contributed by atoms with Crippen molar-refractivity contribution in [3.63, 3.8) is 0 Å². The van der Waals surface area contributed by atoms with Crippen molar-refractivity contribution in [3.8, 4) is 0 Å². The number of hydrogen-bond acceptors (Lipinski definition) is 3. The highest BCUT2D eigenvalue weighted by Crippen LogP contribution is 2.19. The van der Waals surface area contributed by atoms with Crippen molar-refractivity contribution in [1.82, 2.24) is 15.1 Å². The van der Waals surface area contributed by atoms with E-state index in [2.05, 4.69) is 34.5 Å². The topological polar surface area (TPSA) is 55.9 Å². The standard InChI is InChI=1S/C23H28N4O2/c28-22-18-26(13-14-27(22)21-9-5-2-6-10-21)23(29)24-15-20-11-12-25(17-20)16-19-7-3-1-4-8-19/h1-10,20H,11-18H2,(H,24,29). The van der Waals surface area contributed by atoms with Crippen molar-refractivity contribution in [2.75, 3.05) is 44.2 Å². The molecule has 1 atom stereocenters. The smallest absolute Gasteiger partial charge is 0.317 e. The Bertz CT molecular complexity index is 827. The van der Waals surface area contributed by atoms with Crippen LogP contribution in [-0.4, -0.2) is 61.0 Å². The largest absolute Gasteiger partial charge is 0.338 e. The van der Waals surface area contributed by atoms with E-state index in [-0.39, 0.29) is 18.5 Å². The predicted molar refractivity (Wildman–Crippen MR) is 114 cm³/mol. The molecule has 1 unspecified atom stereocenters. The van der Waals surface area contributed by atoms with Gasteiger partial charge in [-0.2, -0.15) is 0 Å². The van der Waals surface area contributed by atoms with Gasteiger partial charge < -0.3 is 15.1 Å². The highest BCUT2D eigenvalue weighted by molar-refractivity contribution is 5.97. The molecule has 1 N–H and O–H groups in total. The molecule has 152 valence electrons. The fraction of sp³-hybridized carbons (Fsp3) is 0.391. The summed E-state index contributed by atoms with van der Waals surface area (Å²) in [5, 5.41) is 3.04. The van der Waals surface area contributed by atoms with Crippen LogP contribution in [0.5, 0.6) is 0 Å². The number of nitrogens with zero attached hydrogens (tertiary/aromatic N) is 3. The van der Waals surface area contributed by atoms with E-state index in [0.717, 1.165) is 31.7 Å². The van der Waals surface area contributed by atoms with Gasteiger partial charge in [0.2, 0.25) is 5.91 Å². The summed E-state index contributed by atoms with van der Waals surface area (Å²) >= 11 is 0. The van der Waals surface area contributed by atoms with Crippen LogP contribution < -0.4 is 10.2 Å². The van der Waals surface area contributed by atoms with Gasteiger partial charge in [-0.1, -0.05) is 48.5 Å². The Labute approximate surface area is 172 Å². The third-order valence-electron chi connectivity index (χ3n) is 5.74. The van der Waals surface area contributed by atoms with Crippen LogP contribution in [0.3, 0.4) is 0 Å². The molecule has 0 bridgehead atoms. The molecular formula is C23H28N4O2. The van der Waals surface area contributed by atoms with Crippen LogP contribution in [0, 0.1) is 5.92 Å². The molecule has 2 heterocycles. The molecule has 6 heteroatoms. The molecule has 2 aromatic rings. The minimum atomic E-state index is -0.132. The molecule has 2 fully saturated rings. The molecule has 2 aromatic carbocycles. The number of anilines is 1. The lowest BCUT2D eigenvalue weighted by Crippen LogP contribution is -2.55. The van der Waals surface area contributed by atoms with Gasteiger partial charge in [0.25, 0.3) is 0 Å². The van der Waals surface area contributed by atoms with Crippen LogP contribution in [-0.2, 0) is 11.3 Å². The number of para-hydroxylation sites is 1. The van der Waals surface area contributed by atoms with Gasteiger partial charge >= 0.3 is 6.03 Å². The zero-order valence-electron chi connectivity index (χ0n) is 16.7. The second-order valence-electron chi connectivity index (χ2n) is 7.86. The van der Waals surface area contributed by atoms with Crippen molar-refractivity contribution >= 4 is 17.6 Å². The molecule has 0 aliphatic carbocycles. The number of piperazine rings is 1. The predicted octanol–water partition coefficient (Wildman–Crippen LogP) is 2.57. The van der Waals surface area contributed by atoms with Gasteiger partial charge in [0.15, 0.2) is 0 Å². The maximum atomic E-state index is 12.5. The normalized spacial score (nSPS) is 20.1. The number of amides is 3. The third-order valence-corrected chi connectivity index (χ3v) is 5.74. The van der Waals surface area contributed by atoms with Gasteiger partial charge in [0.05, 0.1) is 0 Å². The van der Waals surface area contributed by atoms with Crippen LogP contribution in [0.1, 0.15) is 12.0 Å². The number of likely N-dealkylation sites (tertiary alicyclic amines) is 1. The second kappa shape index (κ2) is 9.09. The van der Waals surface area contributed by atoms with Crippen molar-refractivity contribution in [2.24, 2.45) is 5.92 Å². The van der Waals surface area contributed by atoms with Crippen molar-refractivity contribution < 1.29 is 9.59 Å². The van der Waals surface area contributed by atoms with Crippen LogP contribution in [0.25, 0.3) is 0 Å². The average molecular weight is 393 g/mol. The molecule has 29 heavy (non-hydrogen) atoms. The van der Waals surface area contributed by atoms with Gasteiger partial charge in [-0.15, -0.1) is 0 Å². The zero-order chi connectivity index (χ0) is 20.1. The monoisotopic (exact) mass is 392 g/mol. The molecule has 6 nitrogen and oxygen atoms in total. The first-order valence-electron chi connectivity index (χ1n) is 10.3. The van der Waals surface area contributed by atoms with E-state index >= 15 is 0 Å². The Hall–Kier alpha value is -2.86. The average Bonchev–Trinajstić information content (AvgIpc) is 3.20. The van der Waals surface area contributed by atoms with Crippen molar-refractivity contribution in [2.45, 2.75) is 13.0 Å². The summed E-state index contributed by atoms with van der Waals surface area (Å²) < 4.78 is 0. The highest BCUT2D eigenvalue weighted by Gasteiger charge is 2.29. The molecular weight excluding hydrogens is 364 g/mol. The maximum absolute atomic E-state index is 12.5. The molecule has 2 aliphatic rings. The van der Waals surface area contributed by atoms with Gasteiger partial charge in [-0.05, 0) is 36.6 Å². The lowest BCUT2D eigenvalue weighted by molar-refractivity contribution is -0.120. The van der Waals surface area contributed by atoms with Crippen LogP contribution in [0.2, 0.25) is 0 Å². The Kier molecular flexibility index (Phi) is 6.10. The summed E-state index contributed by atoms with van der Waals surface area (Å²) in [7, 11) is 0. The fourth-order valence-corrected chi connectivity index (χ4v) is 4.14. The van der Waals surface area contributed by atoms with Crippen molar-refractivity contribution in [3.05, 3.63) is 66.2 Å². The van der Waals surface area contributed by atoms with Crippen molar-refractivity contribution in [1.29, 1.82) is 0 Å². The molecule has 2 aliphatic heterocycles. The number of carbonyl (C=O) groups excluding carboxylic acids is 2. The molecule has 3 amide bonds. The summed E-state index contributed by atoms with van der Waals surface area (Å²) in [6.07, 6.45) is 1.09. The lowest BCUT2D eigenvalue weighted by Gasteiger charge is -2.34. The van der Waals surface area contributed by atoms with Gasteiger partial charge in [0.1, 0.15) is 6.54 Å². The number of benzene rings is 2. The third kappa shape index (κ3) is 4.95. The first-order valence-corrected chi connectivity index (χ1v) is 10.3. The van der Waals surface area contributed by atoms with E-state index in [1.54, 1.807) is 9.80 Å². The Balaban J connectivity index is 1.21. The zero-order valence-corrected chi connectivity index (χ0v) is 16.7. The number of nitrogens with one attached hydrogen (secondary N) is 1. The number of hydrogen-bond donors (Lipinski definition) is 1. The molecule has 0 aromatic heterocycles. The maximum Gasteiger partial charge on any atom is 0.317 e. The van der Waals surface area contributed by atoms with E-state index in [0.29, 0.717) is 25.6 Å². The summed E-state index contributed by atoms with van der Waals surface area (Å²) in [6, 6.07) is 20.0. The second-order valence-corrected chi connectivity index (χ2v) is 7.86. The Morgan fingerprint density at radius 1 is 0.966 bits per heavy atom. The van der Waals surface area contributed by atoms with E-state index < -0.39 is 0 Å². The summed E-state index contributed by atoms with van der Waals surface area (Å²) in [6.45, 7) is 4.89. The van der Waals surface area contributed by atoms with E-state index in [9.17, 15) is 9.59 Å². The SMILES string of the molecule is O=C(NCC1CCN(Cc2ccccc2)C1)N1CCN(c2ccccc2)C(=O)C1. The molecule has 0 spiro atoms. The highest BCUT2D eigenvalue weighted by atomic mass is 16.2. The summed E-state index contributed by atoms with van der Waals surface area (Å²) in [5.41, 5.74) is 2.22.